The van der Waals surface area contributed by atoms with E-state index in [4.69, 9.17) is 0 Å². The number of hydrogen-bond donors (Lipinski definition) is 1. The zero-order valence-corrected chi connectivity index (χ0v) is 13.8. The zero-order chi connectivity index (χ0) is 14.8. The predicted octanol–water partition coefficient (Wildman–Crippen LogP) is 3.69. The molecule has 2 heteroatoms. The first-order valence-electron chi connectivity index (χ1n) is 7.88. The van der Waals surface area contributed by atoms with E-state index in [1.165, 1.54) is 42.6 Å². The van der Waals surface area contributed by atoms with E-state index < -0.39 is 0 Å². The molecular weight excluding hydrogens is 244 g/mol. The molecule has 0 aromatic heterocycles. The van der Waals surface area contributed by atoms with Gasteiger partial charge in [-0.05, 0) is 64.7 Å². The van der Waals surface area contributed by atoms with Crippen molar-refractivity contribution in [1.29, 1.82) is 0 Å². The second kappa shape index (κ2) is 6.28. The van der Waals surface area contributed by atoms with Crippen LogP contribution in [0.25, 0.3) is 0 Å². The Bertz CT molecular complexity index is 424. The lowest BCUT2D eigenvalue weighted by Crippen LogP contribution is -2.42. The molecule has 1 N–H and O–H groups in total. The molecule has 0 saturated carbocycles. The molecule has 1 aliphatic rings. The Morgan fingerprint density at radius 1 is 1.15 bits per heavy atom. The van der Waals surface area contributed by atoms with Gasteiger partial charge in [0.1, 0.15) is 0 Å². The highest BCUT2D eigenvalue weighted by Crippen LogP contribution is 2.30. The van der Waals surface area contributed by atoms with Gasteiger partial charge >= 0.3 is 0 Å². The Kier molecular flexibility index (Phi) is 4.87. The number of likely N-dealkylation sites (tertiary alicyclic amines) is 1. The van der Waals surface area contributed by atoms with E-state index in [1.54, 1.807) is 0 Å². The second-order valence-corrected chi connectivity index (χ2v) is 7.14. The van der Waals surface area contributed by atoms with Crippen molar-refractivity contribution in [3.8, 4) is 0 Å². The van der Waals surface area contributed by atoms with E-state index in [0.717, 1.165) is 6.54 Å². The third-order valence-corrected chi connectivity index (χ3v) is 4.77. The molecule has 0 bridgehead atoms. The smallest absolute Gasteiger partial charge is 0.0292 e. The highest BCUT2D eigenvalue weighted by Gasteiger charge is 2.28. The number of hydrogen-bond acceptors (Lipinski definition) is 2. The van der Waals surface area contributed by atoms with Crippen LogP contribution in [0.2, 0.25) is 0 Å². The Morgan fingerprint density at radius 3 is 2.25 bits per heavy atom. The average molecular weight is 274 g/mol. The summed E-state index contributed by atoms with van der Waals surface area (Å²) in [6.07, 6.45) is 2.60. The molecule has 2 nitrogen and oxygen atoms in total. The van der Waals surface area contributed by atoms with Gasteiger partial charge in [0.05, 0.1) is 0 Å². The van der Waals surface area contributed by atoms with E-state index in [2.05, 4.69) is 63.2 Å². The lowest BCUT2D eigenvalue weighted by molar-refractivity contribution is 0.134. The van der Waals surface area contributed by atoms with Gasteiger partial charge in [-0.15, -0.1) is 0 Å². The summed E-state index contributed by atoms with van der Waals surface area (Å²) in [6, 6.07) is 7.29. The highest BCUT2D eigenvalue weighted by molar-refractivity contribution is 5.30. The normalized spacial score (nSPS) is 20.9. The summed E-state index contributed by atoms with van der Waals surface area (Å²) < 4.78 is 0. The molecule has 0 radical (unpaired) electrons. The first-order chi connectivity index (χ1) is 9.38. The van der Waals surface area contributed by atoms with E-state index >= 15 is 0 Å². The molecule has 1 aromatic carbocycles. The van der Waals surface area contributed by atoms with Crippen LogP contribution in [0.3, 0.4) is 0 Å². The van der Waals surface area contributed by atoms with E-state index in [1.807, 2.05) is 0 Å². The number of aryl methyl sites for hydroxylation is 2. The van der Waals surface area contributed by atoms with E-state index in [-0.39, 0.29) is 0 Å². The van der Waals surface area contributed by atoms with Gasteiger partial charge in [-0.2, -0.15) is 0 Å². The molecule has 0 aliphatic carbocycles. The second-order valence-electron chi connectivity index (χ2n) is 7.14. The largest absolute Gasteiger partial charge is 0.310 e. The molecule has 0 amide bonds. The van der Waals surface area contributed by atoms with Gasteiger partial charge in [-0.25, -0.2) is 0 Å². The van der Waals surface area contributed by atoms with Gasteiger partial charge in [0.15, 0.2) is 0 Å². The third-order valence-electron chi connectivity index (χ3n) is 4.77. The number of piperidine rings is 1. The highest BCUT2D eigenvalue weighted by atomic mass is 15.1. The minimum Gasteiger partial charge on any atom is -0.310 e. The fourth-order valence-electron chi connectivity index (χ4n) is 3.11. The van der Waals surface area contributed by atoms with E-state index in [0.29, 0.717) is 11.5 Å². The maximum Gasteiger partial charge on any atom is 0.0292 e. The van der Waals surface area contributed by atoms with E-state index in [9.17, 15) is 0 Å². The van der Waals surface area contributed by atoms with Crippen molar-refractivity contribution in [3.63, 3.8) is 0 Å². The van der Waals surface area contributed by atoms with Crippen LogP contribution in [0.4, 0.5) is 0 Å². The number of rotatable bonds is 4. The lowest BCUT2D eigenvalue weighted by Gasteiger charge is -2.38. The van der Waals surface area contributed by atoms with Gasteiger partial charge in [0.2, 0.25) is 0 Å². The summed E-state index contributed by atoms with van der Waals surface area (Å²) >= 11 is 0. The van der Waals surface area contributed by atoms with Gasteiger partial charge in [0, 0.05) is 12.6 Å². The summed E-state index contributed by atoms with van der Waals surface area (Å²) in [5.41, 5.74) is 4.59. The average Bonchev–Trinajstić information content (AvgIpc) is 2.39. The topological polar surface area (TPSA) is 15.3 Å². The molecule has 1 unspecified atom stereocenters. The molecule has 1 atom stereocenters. The third kappa shape index (κ3) is 4.07. The van der Waals surface area contributed by atoms with Crippen LogP contribution >= 0.6 is 0 Å². The summed E-state index contributed by atoms with van der Waals surface area (Å²) in [5, 5.41) is 3.76. The number of nitrogens with zero attached hydrogens (tertiary/aromatic N) is 1. The Balaban J connectivity index is 1.93. The van der Waals surface area contributed by atoms with Gasteiger partial charge in [-0.3, -0.25) is 0 Å². The lowest BCUT2D eigenvalue weighted by atomic mass is 9.80. The van der Waals surface area contributed by atoms with Crippen LogP contribution in [-0.4, -0.2) is 31.6 Å². The fraction of sp³-hybridized carbons (Fsp3) is 0.667. The molecule has 1 fully saturated rings. The maximum atomic E-state index is 3.76. The Hall–Kier alpha value is -0.860. The predicted molar refractivity (Wildman–Crippen MR) is 87.2 cm³/mol. The summed E-state index contributed by atoms with van der Waals surface area (Å²) in [5.74, 6) is 0. The van der Waals surface area contributed by atoms with Crippen LogP contribution in [0.15, 0.2) is 18.2 Å². The fourth-order valence-corrected chi connectivity index (χ4v) is 3.11. The number of benzene rings is 1. The van der Waals surface area contributed by atoms with Gasteiger partial charge in [-0.1, -0.05) is 36.2 Å². The molecule has 2 rings (SSSR count). The van der Waals surface area contributed by atoms with Crippen molar-refractivity contribution in [2.45, 2.75) is 46.6 Å². The first-order valence-corrected chi connectivity index (χ1v) is 7.88. The van der Waals surface area contributed by atoms with Gasteiger partial charge < -0.3 is 10.2 Å². The Labute approximate surface area is 124 Å². The maximum absolute atomic E-state index is 3.76. The van der Waals surface area contributed by atoms with Crippen LogP contribution in [-0.2, 0) is 0 Å². The minimum absolute atomic E-state index is 0.435. The van der Waals surface area contributed by atoms with Crippen molar-refractivity contribution >= 4 is 0 Å². The molecule has 1 saturated heterocycles. The monoisotopic (exact) mass is 274 g/mol. The van der Waals surface area contributed by atoms with Crippen molar-refractivity contribution in [1.82, 2.24) is 10.2 Å². The summed E-state index contributed by atoms with van der Waals surface area (Å²) in [6.45, 7) is 12.7. The molecule has 20 heavy (non-hydrogen) atoms. The Morgan fingerprint density at radius 2 is 1.70 bits per heavy atom. The minimum atomic E-state index is 0.435. The molecule has 1 aliphatic heterocycles. The molecule has 112 valence electrons. The molecule has 0 spiro atoms. The van der Waals surface area contributed by atoms with Crippen molar-refractivity contribution in [2.75, 3.05) is 26.7 Å². The zero-order valence-electron chi connectivity index (χ0n) is 13.8. The van der Waals surface area contributed by atoms with Crippen molar-refractivity contribution in [2.24, 2.45) is 5.41 Å². The number of nitrogens with one attached hydrogen (secondary N) is 1. The first kappa shape index (κ1) is 15.5. The molecular formula is C18H30N2. The van der Waals surface area contributed by atoms with Crippen LogP contribution in [0.1, 0.15) is 49.4 Å². The summed E-state index contributed by atoms with van der Waals surface area (Å²) in [7, 11) is 2.23. The molecule has 1 heterocycles. The van der Waals surface area contributed by atoms with Crippen LogP contribution in [0.5, 0.6) is 0 Å². The molecule has 1 aromatic rings. The van der Waals surface area contributed by atoms with Crippen molar-refractivity contribution < 1.29 is 0 Å². The van der Waals surface area contributed by atoms with Crippen LogP contribution in [0, 0.1) is 19.3 Å². The standard InChI is InChI=1S/C18H30N2/c1-14-10-15(2)12-17(11-14)16(3)19-13-18(4)6-8-20(5)9-7-18/h10-12,16,19H,6-9,13H2,1-5H3. The van der Waals surface area contributed by atoms with Crippen LogP contribution < -0.4 is 5.32 Å². The summed E-state index contributed by atoms with van der Waals surface area (Å²) in [4.78, 5) is 2.44. The quantitative estimate of drug-likeness (QED) is 0.901. The SMILES string of the molecule is Cc1cc(C)cc(C(C)NCC2(C)CCN(C)CC2)c1. The van der Waals surface area contributed by atoms with Gasteiger partial charge in [0.25, 0.3) is 0 Å². The van der Waals surface area contributed by atoms with Crippen molar-refractivity contribution in [3.05, 3.63) is 34.9 Å².